The molecule has 0 saturated heterocycles. The normalized spacial score (nSPS) is 11.7. The maximum atomic E-state index is 13.3. The third-order valence-corrected chi connectivity index (χ3v) is 9.48. The van der Waals surface area contributed by atoms with Gasteiger partial charge in [0.25, 0.3) is 0 Å². The molecule has 0 spiro atoms. The fourth-order valence-corrected chi connectivity index (χ4v) is 6.25. The summed E-state index contributed by atoms with van der Waals surface area (Å²) in [5, 5.41) is 0. The van der Waals surface area contributed by atoms with Gasteiger partial charge in [0.2, 0.25) is 0 Å². The molecular formula is C48H44N2O10. The number of ether oxygens (including phenoxy) is 6. The van der Waals surface area contributed by atoms with Crippen molar-refractivity contribution in [2.45, 2.75) is 37.9 Å². The van der Waals surface area contributed by atoms with Crippen molar-refractivity contribution >= 4 is 23.9 Å². The van der Waals surface area contributed by atoms with Gasteiger partial charge in [0.15, 0.2) is 0 Å². The molecule has 0 aliphatic carbocycles. The van der Waals surface area contributed by atoms with Crippen LogP contribution in [0.3, 0.4) is 0 Å². The van der Waals surface area contributed by atoms with Gasteiger partial charge in [-0.15, -0.1) is 0 Å². The minimum absolute atomic E-state index is 0.0347. The van der Waals surface area contributed by atoms with E-state index in [4.69, 9.17) is 28.4 Å². The summed E-state index contributed by atoms with van der Waals surface area (Å²) in [6, 6.07) is 36.2. The largest absolute Gasteiger partial charge is 0.490 e. The first kappa shape index (κ1) is 42.3. The highest BCUT2D eigenvalue weighted by molar-refractivity contribution is 6.29. The van der Waals surface area contributed by atoms with Crippen molar-refractivity contribution in [1.29, 1.82) is 0 Å². The van der Waals surface area contributed by atoms with Crippen LogP contribution in [0.1, 0.15) is 44.7 Å². The average Bonchev–Trinajstić information content (AvgIpc) is 3.31. The lowest BCUT2D eigenvalue weighted by Crippen LogP contribution is -2.34. The van der Waals surface area contributed by atoms with E-state index < -0.39 is 36.1 Å². The molecule has 2 atom stereocenters. The number of methoxy groups -OCH3 is 2. The molecule has 0 unspecified atom stereocenters. The number of carbonyl (C=O) groups excluding carboxylic acids is 4. The number of aromatic nitrogens is 2. The zero-order valence-corrected chi connectivity index (χ0v) is 33.2. The van der Waals surface area contributed by atoms with Crippen LogP contribution in [0.15, 0.2) is 146 Å². The highest BCUT2D eigenvalue weighted by atomic mass is 16.6. The highest BCUT2D eigenvalue weighted by Gasteiger charge is 2.27. The summed E-state index contributed by atoms with van der Waals surface area (Å²) < 4.78 is 33.3. The van der Waals surface area contributed by atoms with E-state index in [1.54, 1.807) is 85.5 Å². The molecule has 0 aliphatic rings. The van der Waals surface area contributed by atoms with Crippen LogP contribution < -0.4 is 9.47 Å². The molecule has 0 aliphatic heterocycles. The summed E-state index contributed by atoms with van der Waals surface area (Å²) in [5.41, 5.74) is 6.10. The van der Waals surface area contributed by atoms with Gasteiger partial charge in [-0.1, -0.05) is 60.7 Å². The smallest absolute Gasteiger partial charge is 0.417 e. The fraction of sp³-hybridized carbons (Fsp3) is 0.208. The second kappa shape index (κ2) is 21.4. The van der Waals surface area contributed by atoms with E-state index in [0.717, 1.165) is 33.4 Å². The lowest BCUT2D eigenvalue weighted by atomic mass is 10.0. The van der Waals surface area contributed by atoms with Crippen LogP contribution >= 0.6 is 0 Å². The summed E-state index contributed by atoms with van der Waals surface area (Å²) in [5.74, 6) is -2.12. The number of aryl methyl sites for hydroxylation is 2. The van der Waals surface area contributed by atoms with Gasteiger partial charge in [-0.2, -0.15) is 0 Å². The first-order chi connectivity index (χ1) is 29.3. The number of esters is 4. The Morgan fingerprint density at radius 3 is 1.28 bits per heavy atom. The van der Waals surface area contributed by atoms with Crippen molar-refractivity contribution in [1.82, 2.24) is 9.97 Å². The zero-order chi connectivity index (χ0) is 42.1. The number of hydrogen-bond donors (Lipinski definition) is 0. The summed E-state index contributed by atoms with van der Waals surface area (Å²) >= 11 is 0. The van der Waals surface area contributed by atoms with Crippen LogP contribution in [-0.4, -0.2) is 73.5 Å². The molecule has 0 N–H and O–H groups in total. The molecule has 0 fully saturated rings. The third-order valence-electron chi connectivity index (χ3n) is 9.48. The van der Waals surface area contributed by atoms with E-state index in [0.29, 0.717) is 48.3 Å². The van der Waals surface area contributed by atoms with Crippen molar-refractivity contribution in [3.63, 3.8) is 0 Å². The minimum atomic E-state index is -1.15. The molecule has 6 aromatic rings. The van der Waals surface area contributed by atoms with Crippen LogP contribution in [0.2, 0.25) is 0 Å². The number of benzene rings is 4. The number of carbonyl (C=O) groups is 4. The lowest BCUT2D eigenvalue weighted by molar-refractivity contribution is -0.176. The van der Waals surface area contributed by atoms with Gasteiger partial charge in [0, 0.05) is 24.8 Å². The van der Waals surface area contributed by atoms with Crippen molar-refractivity contribution in [2.24, 2.45) is 0 Å². The summed E-state index contributed by atoms with van der Waals surface area (Å²) in [6.07, 6.45) is 6.90. The molecule has 6 rings (SSSR count). The predicted octanol–water partition coefficient (Wildman–Crippen LogP) is 7.93. The van der Waals surface area contributed by atoms with Gasteiger partial charge < -0.3 is 28.4 Å². The van der Waals surface area contributed by atoms with E-state index in [2.05, 4.69) is 9.97 Å². The molecule has 0 saturated carbocycles. The maximum Gasteiger partial charge on any atom is 0.417 e. The quantitative estimate of drug-likeness (QED) is 0.0472. The van der Waals surface area contributed by atoms with Crippen molar-refractivity contribution in [3.05, 3.63) is 168 Å². The van der Waals surface area contributed by atoms with Crippen LogP contribution in [0.4, 0.5) is 0 Å². The molecule has 4 aromatic carbocycles. The molecule has 0 bridgehead atoms. The highest BCUT2D eigenvalue weighted by Crippen LogP contribution is 2.26. The van der Waals surface area contributed by atoms with E-state index in [9.17, 15) is 19.2 Å². The second-order valence-corrected chi connectivity index (χ2v) is 13.7. The topological polar surface area (TPSA) is 149 Å². The van der Waals surface area contributed by atoms with Gasteiger partial charge >= 0.3 is 23.9 Å². The molecular weight excluding hydrogens is 765 g/mol. The molecule has 2 heterocycles. The Kier molecular flexibility index (Phi) is 15.1. The van der Waals surface area contributed by atoms with Crippen LogP contribution in [0.25, 0.3) is 22.3 Å². The first-order valence-electron chi connectivity index (χ1n) is 19.3. The van der Waals surface area contributed by atoms with Gasteiger partial charge in [-0.25, -0.2) is 19.2 Å². The Labute approximate surface area is 348 Å². The van der Waals surface area contributed by atoms with E-state index in [1.165, 1.54) is 14.2 Å². The Morgan fingerprint density at radius 1 is 0.500 bits per heavy atom. The molecule has 306 valence electrons. The Bertz CT molecular complexity index is 2170. The molecule has 12 nitrogen and oxygen atoms in total. The van der Waals surface area contributed by atoms with Crippen LogP contribution in [-0.2, 0) is 41.4 Å². The lowest BCUT2D eigenvalue weighted by Gasteiger charge is -2.21. The van der Waals surface area contributed by atoms with Gasteiger partial charge in [0.05, 0.1) is 25.3 Å². The SMILES string of the molecule is COC(=O)c1cccc(-c2ccc(OC[C@@H](CCc3cccnc3)OC(=O)C(=O)O[C@H](CCc3cccnc3)COc3ccc(-c4cccc(C(=O)OC)c4)cc3)cc2)c1. The Balaban J connectivity index is 1.09. The number of pyridine rings is 2. The third kappa shape index (κ3) is 12.3. The van der Waals surface area contributed by atoms with Gasteiger partial charge in [-0.3, -0.25) is 9.97 Å². The van der Waals surface area contributed by atoms with Gasteiger partial charge in [0.1, 0.15) is 36.9 Å². The molecule has 12 heteroatoms. The molecule has 60 heavy (non-hydrogen) atoms. The van der Waals surface area contributed by atoms with Crippen molar-refractivity contribution in [3.8, 4) is 33.8 Å². The van der Waals surface area contributed by atoms with Crippen LogP contribution in [0, 0.1) is 0 Å². The second-order valence-electron chi connectivity index (χ2n) is 13.7. The Hall–Kier alpha value is -7.34. The average molecular weight is 809 g/mol. The standard InChI is InChI=1S/C48H44N2O10/c1-55-45(51)39-11-3-9-37(27-39)35-15-21-41(22-16-35)57-31-43(19-13-33-7-5-25-49-29-33)59-47(53)48(54)60-44(20-14-34-8-6-26-50-30-34)32-58-42-23-17-36(18-24-42)38-10-4-12-40(28-38)46(52)56-2/h3-12,15-18,21-30,43-44H,13-14,19-20,31-32H2,1-2H3/t43-,44-/m1/s1. The first-order valence-corrected chi connectivity index (χ1v) is 19.3. The fourth-order valence-electron chi connectivity index (χ4n) is 6.25. The molecule has 0 radical (unpaired) electrons. The summed E-state index contributed by atoms with van der Waals surface area (Å²) in [7, 11) is 2.67. The predicted molar refractivity (Wildman–Crippen MR) is 222 cm³/mol. The van der Waals surface area contributed by atoms with Crippen LogP contribution in [0.5, 0.6) is 11.5 Å². The van der Waals surface area contributed by atoms with Gasteiger partial charge in [-0.05, 0) is 120 Å². The summed E-state index contributed by atoms with van der Waals surface area (Å²) in [4.78, 5) is 59.1. The molecule has 2 aromatic heterocycles. The van der Waals surface area contributed by atoms with E-state index in [-0.39, 0.29) is 13.2 Å². The van der Waals surface area contributed by atoms with Crippen molar-refractivity contribution in [2.75, 3.05) is 27.4 Å². The minimum Gasteiger partial charge on any atom is -0.490 e. The van der Waals surface area contributed by atoms with E-state index in [1.807, 2.05) is 60.7 Å². The maximum absolute atomic E-state index is 13.3. The Morgan fingerprint density at radius 2 is 0.917 bits per heavy atom. The zero-order valence-electron chi connectivity index (χ0n) is 33.2. The molecule has 0 amide bonds. The summed E-state index contributed by atoms with van der Waals surface area (Å²) in [6.45, 7) is -0.0695. The number of rotatable bonds is 18. The number of nitrogens with zero attached hydrogens (tertiary/aromatic N) is 2. The number of hydrogen-bond acceptors (Lipinski definition) is 12. The van der Waals surface area contributed by atoms with Crippen molar-refractivity contribution < 1.29 is 47.6 Å². The monoisotopic (exact) mass is 808 g/mol. The van der Waals surface area contributed by atoms with E-state index >= 15 is 0 Å².